The number of amides is 1. The van der Waals surface area contributed by atoms with E-state index in [2.05, 4.69) is 25.7 Å². The minimum Gasteiger partial charge on any atom is -0.324 e. The van der Waals surface area contributed by atoms with Gasteiger partial charge in [0.05, 0.1) is 5.56 Å². The Hall–Kier alpha value is -3.75. The molecule has 33 heavy (non-hydrogen) atoms. The summed E-state index contributed by atoms with van der Waals surface area (Å²) in [7, 11) is 0. The molecule has 0 bridgehead atoms. The number of aromatic nitrogens is 4. The molecule has 0 saturated heterocycles. The fraction of sp³-hybridized carbons (Fsp3) is 0.0435. The number of fused-ring (bicyclic) bond motifs is 1. The number of anilines is 2. The number of rotatable bonds is 4. The van der Waals surface area contributed by atoms with Gasteiger partial charge in [0, 0.05) is 33.7 Å². The van der Waals surface area contributed by atoms with Crippen molar-refractivity contribution in [1.29, 1.82) is 0 Å². The summed E-state index contributed by atoms with van der Waals surface area (Å²) in [5.74, 6) is -0.538. The molecular weight excluding hydrogens is 466 g/mol. The standard InChI is InChI=1S/C23H15Cl2FN6O/c24-15-8-6-13(7-9-15)18-11-19(20-16(25)4-1-5-17(20)26)32-23(28-18)30-22(31-32)29-21(33)14-3-2-10-27-12-14/h1-12,19H,(H2,28,29,30,31,33). The fourth-order valence-electron chi connectivity index (χ4n) is 3.51. The highest BCUT2D eigenvalue weighted by atomic mass is 35.5. The Balaban J connectivity index is 1.56. The Labute approximate surface area is 197 Å². The van der Waals surface area contributed by atoms with E-state index >= 15 is 0 Å². The van der Waals surface area contributed by atoms with Gasteiger partial charge < -0.3 is 5.32 Å². The average molecular weight is 481 g/mol. The van der Waals surface area contributed by atoms with Gasteiger partial charge in [-0.2, -0.15) is 4.98 Å². The third-order valence-electron chi connectivity index (χ3n) is 5.07. The van der Waals surface area contributed by atoms with Crippen LogP contribution in [-0.2, 0) is 0 Å². The first-order valence-electron chi connectivity index (χ1n) is 9.86. The Morgan fingerprint density at radius 2 is 1.91 bits per heavy atom. The molecule has 0 aliphatic carbocycles. The van der Waals surface area contributed by atoms with E-state index in [0.717, 1.165) is 5.56 Å². The van der Waals surface area contributed by atoms with Crippen molar-refractivity contribution in [3.63, 3.8) is 0 Å². The maximum absolute atomic E-state index is 14.9. The molecule has 3 heterocycles. The summed E-state index contributed by atoms with van der Waals surface area (Å²) in [6.45, 7) is 0. The largest absolute Gasteiger partial charge is 0.324 e. The van der Waals surface area contributed by atoms with Crippen molar-refractivity contribution in [2.75, 3.05) is 10.6 Å². The summed E-state index contributed by atoms with van der Waals surface area (Å²) in [5, 5.41) is 11.1. The number of nitrogens with zero attached hydrogens (tertiary/aromatic N) is 4. The van der Waals surface area contributed by atoms with Crippen LogP contribution in [0, 0.1) is 5.82 Å². The van der Waals surface area contributed by atoms with Crippen molar-refractivity contribution in [3.05, 3.63) is 106 Å². The number of halogens is 3. The molecule has 2 aromatic heterocycles. The second-order valence-corrected chi connectivity index (χ2v) is 8.04. The molecule has 7 nitrogen and oxygen atoms in total. The molecule has 1 amide bonds. The van der Waals surface area contributed by atoms with E-state index < -0.39 is 17.8 Å². The first kappa shape index (κ1) is 21.1. The van der Waals surface area contributed by atoms with Crippen LogP contribution in [0.5, 0.6) is 0 Å². The summed E-state index contributed by atoms with van der Waals surface area (Å²) in [6, 6.07) is 14.2. The smallest absolute Gasteiger partial charge is 0.259 e. The Bertz CT molecular complexity index is 1350. The van der Waals surface area contributed by atoms with Gasteiger partial charge in [0.1, 0.15) is 11.9 Å². The van der Waals surface area contributed by atoms with E-state index in [1.54, 1.807) is 42.6 Å². The number of pyridine rings is 1. The molecule has 1 unspecified atom stereocenters. The quantitative estimate of drug-likeness (QED) is 0.406. The van der Waals surface area contributed by atoms with Gasteiger partial charge >= 0.3 is 0 Å². The monoisotopic (exact) mass is 480 g/mol. The zero-order valence-electron chi connectivity index (χ0n) is 16.8. The number of benzene rings is 2. The maximum Gasteiger partial charge on any atom is 0.259 e. The number of nitrogens with one attached hydrogen (secondary N) is 2. The number of carbonyl (C=O) groups excluding carboxylic acids is 1. The maximum atomic E-state index is 14.9. The normalized spacial score (nSPS) is 14.8. The summed E-state index contributed by atoms with van der Waals surface area (Å²) >= 11 is 12.4. The van der Waals surface area contributed by atoms with Crippen molar-refractivity contribution in [2.45, 2.75) is 6.04 Å². The fourth-order valence-corrected chi connectivity index (χ4v) is 3.91. The van der Waals surface area contributed by atoms with Crippen LogP contribution >= 0.6 is 23.2 Å². The first-order valence-corrected chi connectivity index (χ1v) is 10.6. The summed E-state index contributed by atoms with van der Waals surface area (Å²) in [4.78, 5) is 20.9. The number of allylic oxidation sites excluding steroid dienone is 1. The van der Waals surface area contributed by atoms with Crippen molar-refractivity contribution < 1.29 is 9.18 Å². The number of carbonyl (C=O) groups is 1. The third-order valence-corrected chi connectivity index (χ3v) is 5.65. The van der Waals surface area contributed by atoms with Crippen LogP contribution in [-0.4, -0.2) is 25.7 Å². The summed E-state index contributed by atoms with van der Waals surface area (Å²) in [6.07, 6.45) is 4.80. The lowest BCUT2D eigenvalue weighted by Crippen LogP contribution is -2.21. The predicted molar refractivity (Wildman–Crippen MR) is 125 cm³/mol. The minimum atomic E-state index is -0.711. The van der Waals surface area contributed by atoms with Crippen LogP contribution in [0.15, 0.2) is 73.1 Å². The molecule has 0 saturated carbocycles. The van der Waals surface area contributed by atoms with Gasteiger partial charge in [-0.25, -0.2) is 9.07 Å². The van der Waals surface area contributed by atoms with Crippen LogP contribution in [0.1, 0.15) is 27.5 Å². The molecule has 4 aromatic rings. The van der Waals surface area contributed by atoms with E-state index in [4.69, 9.17) is 23.2 Å². The van der Waals surface area contributed by atoms with Crippen molar-refractivity contribution in [3.8, 4) is 0 Å². The topological polar surface area (TPSA) is 84.7 Å². The van der Waals surface area contributed by atoms with Crippen LogP contribution in [0.4, 0.5) is 16.3 Å². The molecule has 1 aliphatic heterocycles. The lowest BCUT2D eigenvalue weighted by atomic mass is 10.0. The molecule has 0 radical (unpaired) electrons. The van der Waals surface area contributed by atoms with E-state index in [1.807, 2.05) is 12.1 Å². The lowest BCUT2D eigenvalue weighted by Gasteiger charge is -2.25. The predicted octanol–water partition coefficient (Wildman–Crippen LogP) is 5.43. The van der Waals surface area contributed by atoms with E-state index in [-0.39, 0.29) is 16.5 Å². The highest BCUT2D eigenvalue weighted by Crippen LogP contribution is 2.37. The molecule has 0 fully saturated rings. The zero-order chi connectivity index (χ0) is 22.9. The van der Waals surface area contributed by atoms with Gasteiger partial charge in [-0.3, -0.25) is 15.1 Å². The third kappa shape index (κ3) is 4.18. The highest BCUT2D eigenvalue weighted by Gasteiger charge is 2.29. The van der Waals surface area contributed by atoms with Crippen LogP contribution in [0.2, 0.25) is 10.0 Å². The second-order valence-electron chi connectivity index (χ2n) is 7.19. The molecule has 1 atom stereocenters. The van der Waals surface area contributed by atoms with E-state index in [1.165, 1.54) is 23.0 Å². The Morgan fingerprint density at radius 1 is 1.09 bits per heavy atom. The molecule has 164 valence electrons. The van der Waals surface area contributed by atoms with E-state index in [0.29, 0.717) is 22.2 Å². The molecule has 10 heteroatoms. The summed E-state index contributed by atoms with van der Waals surface area (Å²) < 4.78 is 16.3. The molecule has 5 rings (SSSR count). The number of hydrogen-bond acceptors (Lipinski definition) is 5. The Morgan fingerprint density at radius 3 is 2.64 bits per heavy atom. The molecule has 1 aliphatic rings. The van der Waals surface area contributed by atoms with Crippen molar-refractivity contribution in [1.82, 2.24) is 19.7 Å². The van der Waals surface area contributed by atoms with Gasteiger partial charge in [0.15, 0.2) is 0 Å². The molecule has 2 N–H and O–H groups in total. The van der Waals surface area contributed by atoms with Gasteiger partial charge in [-0.05, 0) is 48.0 Å². The SMILES string of the molecule is O=C(Nc1nc2n(n1)C(c1c(F)cccc1Cl)C=C(c1ccc(Cl)cc1)N2)c1cccnc1. The van der Waals surface area contributed by atoms with Crippen molar-refractivity contribution in [2.24, 2.45) is 0 Å². The average Bonchev–Trinajstić information content (AvgIpc) is 3.22. The van der Waals surface area contributed by atoms with E-state index in [9.17, 15) is 9.18 Å². The lowest BCUT2D eigenvalue weighted by molar-refractivity contribution is 0.102. The van der Waals surface area contributed by atoms with Crippen LogP contribution in [0.3, 0.4) is 0 Å². The zero-order valence-corrected chi connectivity index (χ0v) is 18.3. The van der Waals surface area contributed by atoms with Crippen molar-refractivity contribution >= 4 is 46.7 Å². The molecule has 0 spiro atoms. The summed E-state index contributed by atoms with van der Waals surface area (Å²) in [5.41, 5.74) is 2.07. The first-order chi connectivity index (χ1) is 16.0. The number of hydrogen-bond donors (Lipinski definition) is 2. The molecular formula is C23H15Cl2FN6O. The molecule has 2 aromatic carbocycles. The van der Waals surface area contributed by atoms with Gasteiger partial charge in [-0.1, -0.05) is 41.4 Å². The Kier molecular flexibility index (Phi) is 5.53. The van der Waals surface area contributed by atoms with Crippen LogP contribution < -0.4 is 10.6 Å². The minimum absolute atomic E-state index is 0.0505. The van der Waals surface area contributed by atoms with Gasteiger partial charge in [0.2, 0.25) is 5.95 Å². The second kappa shape index (κ2) is 8.65. The van der Waals surface area contributed by atoms with Gasteiger partial charge in [0.25, 0.3) is 11.9 Å². The highest BCUT2D eigenvalue weighted by molar-refractivity contribution is 6.31. The van der Waals surface area contributed by atoms with Crippen LogP contribution in [0.25, 0.3) is 5.70 Å². The van der Waals surface area contributed by atoms with Gasteiger partial charge in [-0.15, -0.1) is 5.10 Å².